The normalized spacial score (nSPS) is 10.1. The predicted octanol–water partition coefficient (Wildman–Crippen LogP) is 4.09. The molecule has 2 aromatic rings. The fourth-order valence-corrected chi connectivity index (χ4v) is 2.47. The molecule has 4 nitrogen and oxygen atoms in total. The van der Waals surface area contributed by atoms with Gasteiger partial charge in [-0.3, -0.25) is 10.1 Å². The lowest BCUT2D eigenvalue weighted by atomic mass is 10.1. The van der Waals surface area contributed by atoms with Gasteiger partial charge in [-0.1, -0.05) is 23.7 Å². The lowest BCUT2D eigenvalue weighted by molar-refractivity contribution is 0.0977. The number of halogens is 1. The molecule has 1 amide bonds. The van der Waals surface area contributed by atoms with Gasteiger partial charge in [0.2, 0.25) is 0 Å². The molecule has 0 saturated heterocycles. The zero-order valence-electron chi connectivity index (χ0n) is 13.1. The molecule has 0 aliphatic rings. The van der Waals surface area contributed by atoms with Gasteiger partial charge in [-0.15, -0.1) is 0 Å². The highest BCUT2D eigenvalue weighted by Crippen LogP contribution is 2.24. The molecule has 23 heavy (non-hydrogen) atoms. The molecular formula is C17H17ClN2O2S. The smallest absolute Gasteiger partial charge is 0.257 e. The molecule has 0 aromatic heterocycles. The van der Waals surface area contributed by atoms with Crippen molar-refractivity contribution in [3.8, 4) is 5.75 Å². The number of thiocarbonyl (C=S) groups is 1. The standard InChI is InChI=1S/C17H17ClN2O2S/c1-10-4-5-11(2)14(8-10)19-17(23)20-16(21)12-6-7-15(22-3)13(18)9-12/h4-9H,1-3H3,(H2,19,20,21,23). The van der Waals surface area contributed by atoms with Crippen molar-refractivity contribution >= 4 is 40.5 Å². The zero-order valence-corrected chi connectivity index (χ0v) is 14.6. The number of hydrogen-bond acceptors (Lipinski definition) is 3. The van der Waals surface area contributed by atoms with Gasteiger partial charge in [0.25, 0.3) is 5.91 Å². The summed E-state index contributed by atoms with van der Waals surface area (Å²) < 4.78 is 5.06. The zero-order chi connectivity index (χ0) is 17.0. The summed E-state index contributed by atoms with van der Waals surface area (Å²) in [6.07, 6.45) is 0. The second-order valence-corrected chi connectivity index (χ2v) is 5.89. The third-order valence-corrected chi connectivity index (χ3v) is 3.78. The molecule has 120 valence electrons. The van der Waals surface area contributed by atoms with E-state index in [1.807, 2.05) is 32.0 Å². The minimum atomic E-state index is -0.336. The summed E-state index contributed by atoms with van der Waals surface area (Å²) in [5.41, 5.74) is 3.41. The highest BCUT2D eigenvalue weighted by Gasteiger charge is 2.11. The Hall–Kier alpha value is -2.11. The van der Waals surface area contributed by atoms with Gasteiger partial charge in [0.1, 0.15) is 5.75 Å². The Kier molecular flexibility index (Phi) is 5.58. The number of methoxy groups -OCH3 is 1. The van der Waals surface area contributed by atoms with E-state index in [0.717, 1.165) is 16.8 Å². The van der Waals surface area contributed by atoms with Gasteiger partial charge in [0, 0.05) is 11.3 Å². The Morgan fingerprint density at radius 3 is 2.57 bits per heavy atom. The summed E-state index contributed by atoms with van der Waals surface area (Å²) in [6, 6.07) is 10.8. The van der Waals surface area contributed by atoms with Crippen LogP contribution in [0, 0.1) is 13.8 Å². The van der Waals surface area contributed by atoms with Crippen LogP contribution in [0.2, 0.25) is 5.02 Å². The number of anilines is 1. The van der Waals surface area contributed by atoms with Crippen molar-refractivity contribution < 1.29 is 9.53 Å². The van der Waals surface area contributed by atoms with Gasteiger partial charge in [-0.2, -0.15) is 0 Å². The van der Waals surface area contributed by atoms with Crippen LogP contribution in [0.1, 0.15) is 21.5 Å². The number of nitrogens with one attached hydrogen (secondary N) is 2. The molecule has 0 radical (unpaired) electrons. The molecular weight excluding hydrogens is 332 g/mol. The molecule has 0 heterocycles. The van der Waals surface area contributed by atoms with Crippen LogP contribution in [0.15, 0.2) is 36.4 Å². The number of ether oxygens (including phenoxy) is 1. The second-order valence-electron chi connectivity index (χ2n) is 5.08. The molecule has 0 unspecified atom stereocenters. The monoisotopic (exact) mass is 348 g/mol. The quantitative estimate of drug-likeness (QED) is 0.820. The summed E-state index contributed by atoms with van der Waals surface area (Å²) >= 11 is 11.2. The predicted molar refractivity (Wildman–Crippen MR) is 97.6 cm³/mol. The third kappa shape index (κ3) is 4.43. The van der Waals surface area contributed by atoms with Gasteiger partial charge in [0.15, 0.2) is 5.11 Å². The number of carbonyl (C=O) groups excluding carboxylic acids is 1. The van der Waals surface area contributed by atoms with E-state index in [2.05, 4.69) is 10.6 Å². The maximum atomic E-state index is 12.2. The van der Waals surface area contributed by atoms with E-state index in [-0.39, 0.29) is 11.0 Å². The number of hydrogen-bond donors (Lipinski definition) is 2. The van der Waals surface area contributed by atoms with E-state index in [1.165, 1.54) is 13.2 Å². The minimum absolute atomic E-state index is 0.232. The third-order valence-electron chi connectivity index (χ3n) is 3.28. The van der Waals surface area contributed by atoms with E-state index < -0.39 is 0 Å². The molecule has 0 aliphatic heterocycles. The summed E-state index contributed by atoms with van der Waals surface area (Å²) in [5, 5.41) is 6.27. The van der Waals surface area contributed by atoms with Crippen LogP contribution in [0.25, 0.3) is 0 Å². The minimum Gasteiger partial charge on any atom is -0.495 e. The Morgan fingerprint density at radius 2 is 1.91 bits per heavy atom. The second kappa shape index (κ2) is 7.44. The number of benzene rings is 2. The number of carbonyl (C=O) groups is 1. The van der Waals surface area contributed by atoms with Gasteiger partial charge in [-0.25, -0.2) is 0 Å². The molecule has 6 heteroatoms. The van der Waals surface area contributed by atoms with E-state index in [1.54, 1.807) is 12.1 Å². The van der Waals surface area contributed by atoms with Crippen molar-refractivity contribution in [1.29, 1.82) is 0 Å². The van der Waals surface area contributed by atoms with Crippen molar-refractivity contribution in [2.24, 2.45) is 0 Å². The largest absolute Gasteiger partial charge is 0.495 e. The van der Waals surface area contributed by atoms with Crippen molar-refractivity contribution in [2.75, 3.05) is 12.4 Å². The summed E-state index contributed by atoms with van der Waals surface area (Å²) in [6.45, 7) is 3.96. The lowest BCUT2D eigenvalue weighted by Gasteiger charge is -2.13. The van der Waals surface area contributed by atoms with E-state index in [0.29, 0.717) is 16.3 Å². The van der Waals surface area contributed by atoms with Gasteiger partial charge in [-0.05, 0) is 61.5 Å². The molecule has 2 rings (SSSR count). The molecule has 0 bridgehead atoms. The van der Waals surface area contributed by atoms with Gasteiger partial charge >= 0.3 is 0 Å². The van der Waals surface area contributed by atoms with E-state index in [9.17, 15) is 4.79 Å². The number of rotatable bonds is 3. The Morgan fingerprint density at radius 1 is 1.17 bits per heavy atom. The van der Waals surface area contributed by atoms with Crippen LogP contribution in [0.4, 0.5) is 5.69 Å². The average Bonchev–Trinajstić information content (AvgIpc) is 2.50. The highest BCUT2D eigenvalue weighted by atomic mass is 35.5. The Labute approximate surface area is 145 Å². The van der Waals surface area contributed by atoms with Crippen molar-refractivity contribution in [1.82, 2.24) is 5.32 Å². The van der Waals surface area contributed by atoms with Crippen LogP contribution in [0.5, 0.6) is 5.75 Å². The molecule has 0 atom stereocenters. The Balaban J connectivity index is 2.06. The summed E-state index contributed by atoms with van der Waals surface area (Å²) in [7, 11) is 1.52. The van der Waals surface area contributed by atoms with Crippen molar-refractivity contribution in [3.05, 3.63) is 58.1 Å². The molecule has 0 aliphatic carbocycles. The first-order valence-electron chi connectivity index (χ1n) is 6.94. The van der Waals surface area contributed by atoms with Crippen LogP contribution in [-0.2, 0) is 0 Å². The van der Waals surface area contributed by atoms with Crippen LogP contribution >= 0.6 is 23.8 Å². The van der Waals surface area contributed by atoms with Crippen LogP contribution in [0.3, 0.4) is 0 Å². The molecule has 0 spiro atoms. The van der Waals surface area contributed by atoms with Gasteiger partial charge in [0.05, 0.1) is 12.1 Å². The SMILES string of the molecule is COc1ccc(C(=O)NC(=S)Nc2cc(C)ccc2C)cc1Cl. The molecule has 0 saturated carbocycles. The fourth-order valence-electron chi connectivity index (χ4n) is 2.01. The molecule has 2 aromatic carbocycles. The topological polar surface area (TPSA) is 50.4 Å². The molecule has 0 fully saturated rings. The maximum absolute atomic E-state index is 12.2. The number of amides is 1. The average molecular weight is 349 g/mol. The summed E-state index contributed by atoms with van der Waals surface area (Å²) in [5.74, 6) is 0.177. The first-order chi connectivity index (χ1) is 10.9. The van der Waals surface area contributed by atoms with E-state index >= 15 is 0 Å². The molecule has 2 N–H and O–H groups in total. The van der Waals surface area contributed by atoms with Crippen molar-refractivity contribution in [2.45, 2.75) is 13.8 Å². The van der Waals surface area contributed by atoms with E-state index in [4.69, 9.17) is 28.6 Å². The number of aryl methyl sites for hydroxylation is 2. The van der Waals surface area contributed by atoms with Gasteiger partial charge < -0.3 is 10.1 Å². The lowest BCUT2D eigenvalue weighted by Crippen LogP contribution is -2.34. The van der Waals surface area contributed by atoms with Crippen LogP contribution in [-0.4, -0.2) is 18.1 Å². The highest BCUT2D eigenvalue weighted by molar-refractivity contribution is 7.80. The first-order valence-corrected chi connectivity index (χ1v) is 7.72. The van der Waals surface area contributed by atoms with Crippen LogP contribution < -0.4 is 15.4 Å². The maximum Gasteiger partial charge on any atom is 0.257 e. The summed E-state index contributed by atoms with van der Waals surface area (Å²) in [4.78, 5) is 12.2. The van der Waals surface area contributed by atoms with Crippen molar-refractivity contribution in [3.63, 3.8) is 0 Å². The fraction of sp³-hybridized carbons (Fsp3) is 0.176. The Bertz CT molecular complexity index is 762. The first kappa shape index (κ1) is 17.2.